The Kier molecular flexibility index (Phi) is 4.19. The summed E-state index contributed by atoms with van der Waals surface area (Å²) in [5.74, 6) is 1.31. The SMILES string of the molecule is CCc1ccc(C(=O)N2C[C@@H]3CNC[C@@H]3[C@@H]2c2ccccc2C)s1. The monoisotopic (exact) mass is 340 g/mol. The number of amides is 1. The molecule has 0 unspecified atom stereocenters. The fraction of sp³-hybridized carbons (Fsp3) is 0.450. The Morgan fingerprint density at radius 1 is 1.25 bits per heavy atom. The van der Waals surface area contributed by atoms with E-state index in [0.717, 1.165) is 30.9 Å². The van der Waals surface area contributed by atoms with Crippen LogP contribution in [0.15, 0.2) is 36.4 Å². The van der Waals surface area contributed by atoms with Crippen LogP contribution in [0.3, 0.4) is 0 Å². The summed E-state index contributed by atoms with van der Waals surface area (Å²) in [5.41, 5.74) is 2.60. The second kappa shape index (κ2) is 6.34. The fourth-order valence-corrected chi connectivity index (χ4v) is 5.17. The largest absolute Gasteiger partial charge is 0.330 e. The van der Waals surface area contributed by atoms with E-state index in [-0.39, 0.29) is 11.9 Å². The Hall–Kier alpha value is -1.65. The summed E-state index contributed by atoms with van der Waals surface area (Å²) in [6.07, 6.45) is 0.994. The normalized spacial score (nSPS) is 25.9. The Morgan fingerprint density at radius 3 is 2.83 bits per heavy atom. The number of fused-ring (bicyclic) bond motifs is 1. The van der Waals surface area contributed by atoms with E-state index in [1.54, 1.807) is 11.3 Å². The van der Waals surface area contributed by atoms with E-state index in [1.165, 1.54) is 16.0 Å². The minimum atomic E-state index is 0.200. The van der Waals surface area contributed by atoms with Gasteiger partial charge in [-0.1, -0.05) is 31.2 Å². The number of likely N-dealkylation sites (tertiary alicyclic amines) is 1. The molecule has 3 nitrogen and oxygen atoms in total. The molecule has 4 heteroatoms. The van der Waals surface area contributed by atoms with Crippen molar-refractivity contribution >= 4 is 17.2 Å². The second-order valence-electron chi connectivity index (χ2n) is 6.96. The van der Waals surface area contributed by atoms with Gasteiger partial charge in [-0.3, -0.25) is 4.79 Å². The molecule has 4 rings (SSSR count). The summed E-state index contributed by atoms with van der Waals surface area (Å²) in [5, 5.41) is 3.52. The third-order valence-electron chi connectivity index (χ3n) is 5.55. The van der Waals surface area contributed by atoms with Crippen LogP contribution in [0.4, 0.5) is 0 Å². The standard InChI is InChI=1S/C20H24N2OS/c1-3-15-8-9-18(24-15)20(23)22-12-14-10-21-11-17(14)19(22)16-7-5-4-6-13(16)2/h4-9,14,17,19,21H,3,10-12H2,1-2H3/t14-,17-,19-/m0/s1. The average Bonchev–Trinajstić information content (AvgIpc) is 3.30. The highest BCUT2D eigenvalue weighted by Gasteiger charge is 2.47. The molecule has 126 valence electrons. The van der Waals surface area contributed by atoms with E-state index in [1.807, 2.05) is 6.07 Å². The number of nitrogens with zero attached hydrogens (tertiary/aromatic N) is 1. The number of hydrogen-bond acceptors (Lipinski definition) is 3. The molecule has 2 aliphatic rings. The lowest BCUT2D eigenvalue weighted by molar-refractivity contribution is 0.0718. The Labute approximate surface area is 147 Å². The first kappa shape index (κ1) is 15.9. The molecule has 3 atom stereocenters. The van der Waals surface area contributed by atoms with Gasteiger partial charge in [0.1, 0.15) is 0 Å². The van der Waals surface area contributed by atoms with E-state index in [2.05, 4.69) is 54.4 Å². The Morgan fingerprint density at radius 2 is 2.08 bits per heavy atom. The molecule has 0 bridgehead atoms. The van der Waals surface area contributed by atoms with Crippen LogP contribution in [0.25, 0.3) is 0 Å². The molecule has 1 N–H and O–H groups in total. The molecule has 0 radical (unpaired) electrons. The summed E-state index contributed by atoms with van der Waals surface area (Å²) in [6.45, 7) is 7.21. The van der Waals surface area contributed by atoms with Crippen molar-refractivity contribution in [3.8, 4) is 0 Å². The molecule has 24 heavy (non-hydrogen) atoms. The van der Waals surface area contributed by atoms with E-state index in [9.17, 15) is 4.79 Å². The minimum absolute atomic E-state index is 0.200. The van der Waals surface area contributed by atoms with Crippen molar-refractivity contribution in [1.29, 1.82) is 0 Å². The maximum atomic E-state index is 13.2. The molecule has 2 fully saturated rings. The summed E-state index contributed by atoms with van der Waals surface area (Å²) < 4.78 is 0. The van der Waals surface area contributed by atoms with Gasteiger partial charge in [-0.25, -0.2) is 0 Å². The third kappa shape index (κ3) is 2.58. The molecule has 1 amide bonds. The number of thiophene rings is 1. The molecule has 3 heterocycles. The van der Waals surface area contributed by atoms with Gasteiger partial charge in [-0.15, -0.1) is 11.3 Å². The number of nitrogens with one attached hydrogen (secondary N) is 1. The van der Waals surface area contributed by atoms with Gasteiger partial charge in [0.2, 0.25) is 0 Å². The average molecular weight is 340 g/mol. The fourth-order valence-electron chi connectivity index (χ4n) is 4.27. The maximum Gasteiger partial charge on any atom is 0.264 e. The lowest BCUT2D eigenvalue weighted by atomic mass is 9.87. The van der Waals surface area contributed by atoms with Crippen molar-refractivity contribution < 1.29 is 4.79 Å². The second-order valence-corrected chi connectivity index (χ2v) is 8.13. The van der Waals surface area contributed by atoms with E-state index in [0.29, 0.717) is 11.8 Å². The first-order valence-corrected chi connectivity index (χ1v) is 9.66. The van der Waals surface area contributed by atoms with Gasteiger partial charge >= 0.3 is 0 Å². The van der Waals surface area contributed by atoms with Crippen molar-refractivity contribution in [2.75, 3.05) is 19.6 Å². The maximum absolute atomic E-state index is 13.2. The first-order chi connectivity index (χ1) is 11.7. The minimum Gasteiger partial charge on any atom is -0.330 e. The van der Waals surface area contributed by atoms with Crippen LogP contribution in [-0.4, -0.2) is 30.4 Å². The van der Waals surface area contributed by atoms with Gasteiger partial charge in [0.15, 0.2) is 0 Å². The smallest absolute Gasteiger partial charge is 0.264 e. The van der Waals surface area contributed by atoms with Gasteiger partial charge in [-0.05, 0) is 42.5 Å². The number of carbonyl (C=O) groups is 1. The predicted octanol–water partition coefficient (Wildman–Crippen LogP) is 3.65. The number of benzene rings is 1. The summed E-state index contributed by atoms with van der Waals surface area (Å²) >= 11 is 1.65. The van der Waals surface area contributed by atoms with Crippen LogP contribution in [0.2, 0.25) is 0 Å². The zero-order valence-corrected chi connectivity index (χ0v) is 15.1. The topological polar surface area (TPSA) is 32.3 Å². The van der Waals surface area contributed by atoms with Gasteiger partial charge in [0.05, 0.1) is 10.9 Å². The van der Waals surface area contributed by atoms with E-state index >= 15 is 0 Å². The van der Waals surface area contributed by atoms with E-state index < -0.39 is 0 Å². The van der Waals surface area contributed by atoms with Crippen molar-refractivity contribution in [1.82, 2.24) is 10.2 Å². The van der Waals surface area contributed by atoms with Crippen molar-refractivity contribution in [3.63, 3.8) is 0 Å². The van der Waals surface area contributed by atoms with Crippen LogP contribution in [-0.2, 0) is 6.42 Å². The highest BCUT2D eigenvalue weighted by atomic mass is 32.1. The molecule has 2 aromatic rings. The first-order valence-electron chi connectivity index (χ1n) is 8.85. The van der Waals surface area contributed by atoms with Gasteiger partial charge in [0.25, 0.3) is 5.91 Å². The molecule has 1 aromatic heterocycles. The molecule has 2 saturated heterocycles. The van der Waals surface area contributed by atoms with Crippen molar-refractivity contribution in [3.05, 3.63) is 57.3 Å². The Bertz CT molecular complexity index is 754. The lowest BCUT2D eigenvalue weighted by Crippen LogP contribution is -2.34. The van der Waals surface area contributed by atoms with Crippen LogP contribution in [0.5, 0.6) is 0 Å². The molecule has 0 spiro atoms. The zero-order valence-electron chi connectivity index (χ0n) is 14.3. The van der Waals surface area contributed by atoms with Crippen LogP contribution < -0.4 is 5.32 Å². The number of rotatable bonds is 3. The van der Waals surface area contributed by atoms with Crippen molar-refractivity contribution in [2.24, 2.45) is 11.8 Å². The van der Waals surface area contributed by atoms with Gasteiger partial charge in [-0.2, -0.15) is 0 Å². The summed E-state index contributed by atoms with van der Waals surface area (Å²) in [7, 11) is 0. The van der Waals surface area contributed by atoms with Crippen LogP contribution >= 0.6 is 11.3 Å². The molecule has 0 aliphatic carbocycles. The number of aryl methyl sites for hydroxylation is 2. The summed E-state index contributed by atoms with van der Waals surface area (Å²) in [6, 6.07) is 12.8. The number of carbonyl (C=O) groups excluding carboxylic acids is 1. The predicted molar refractivity (Wildman–Crippen MR) is 98.5 cm³/mol. The Balaban J connectivity index is 1.70. The summed E-state index contributed by atoms with van der Waals surface area (Å²) in [4.78, 5) is 17.5. The highest BCUT2D eigenvalue weighted by molar-refractivity contribution is 7.14. The zero-order chi connectivity index (χ0) is 16.7. The van der Waals surface area contributed by atoms with Gasteiger partial charge < -0.3 is 10.2 Å². The third-order valence-corrected chi connectivity index (χ3v) is 6.77. The molecule has 0 saturated carbocycles. The van der Waals surface area contributed by atoms with Crippen LogP contribution in [0, 0.1) is 18.8 Å². The highest BCUT2D eigenvalue weighted by Crippen LogP contribution is 2.44. The van der Waals surface area contributed by atoms with E-state index in [4.69, 9.17) is 0 Å². The van der Waals surface area contributed by atoms with Crippen molar-refractivity contribution in [2.45, 2.75) is 26.3 Å². The molecule has 1 aromatic carbocycles. The molecular formula is C20H24N2OS. The quantitative estimate of drug-likeness (QED) is 0.925. The van der Waals surface area contributed by atoms with Gasteiger partial charge in [0, 0.05) is 30.4 Å². The lowest BCUT2D eigenvalue weighted by Gasteiger charge is -2.29. The van der Waals surface area contributed by atoms with Crippen LogP contribution in [0.1, 0.15) is 38.6 Å². The molecule has 2 aliphatic heterocycles. The number of hydrogen-bond donors (Lipinski definition) is 1. The molecular weight excluding hydrogens is 316 g/mol.